The van der Waals surface area contributed by atoms with Gasteiger partial charge in [0.25, 0.3) is 5.92 Å². The lowest BCUT2D eigenvalue weighted by atomic mass is 9.94. The molecule has 2 rings (SSSR count). The minimum Gasteiger partial charge on any atom is -0.399 e. The van der Waals surface area contributed by atoms with E-state index in [4.69, 9.17) is 5.73 Å². The highest BCUT2D eigenvalue weighted by Gasteiger charge is 2.35. The first-order chi connectivity index (χ1) is 8.41. The summed E-state index contributed by atoms with van der Waals surface area (Å²) >= 11 is 0. The van der Waals surface area contributed by atoms with E-state index in [-0.39, 0.29) is 11.1 Å². The number of halogens is 2. The van der Waals surface area contributed by atoms with Crippen LogP contribution in [0.25, 0.3) is 0 Å². The molecule has 0 aliphatic rings. The molecule has 0 bridgehead atoms. The van der Waals surface area contributed by atoms with Crippen LogP contribution in [0.4, 0.5) is 14.5 Å². The van der Waals surface area contributed by atoms with Gasteiger partial charge in [-0.2, -0.15) is 8.78 Å². The fraction of sp³-hybridized carbons (Fsp3) is 0.200. The van der Waals surface area contributed by atoms with Gasteiger partial charge in [-0.05, 0) is 37.6 Å². The highest BCUT2D eigenvalue weighted by atomic mass is 19.3. The van der Waals surface area contributed by atoms with Crippen molar-refractivity contribution >= 4 is 5.69 Å². The van der Waals surface area contributed by atoms with Crippen LogP contribution < -0.4 is 5.73 Å². The predicted octanol–water partition coefficient (Wildman–Crippen LogP) is 4.03. The summed E-state index contributed by atoms with van der Waals surface area (Å²) in [5, 5.41) is 0. The average Bonchev–Trinajstić information content (AvgIpc) is 2.32. The van der Waals surface area contributed by atoms with Crippen molar-refractivity contribution in [1.29, 1.82) is 0 Å². The number of anilines is 1. The second kappa shape index (κ2) is 4.41. The highest BCUT2D eigenvalue weighted by Crippen LogP contribution is 2.38. The number of benzene rings is 2. The van der Waals surface area contributed by atoms with E-state index in [1.807, 2.05) is 6.07 Å². The van der Waals surface area contributed by atoms with Gasteiger partial charge in [-0.1, -0.05) is 29.8 Å². The summed E-state index contributed by atoms with van der Waals surface area (Å²) in [5.41, 5.74) is 7.27. The van der Waals surface area contributed by atoms with E-state index in [0.29, 0.717) is 11.3 Å². The Kier molecular flexibility index (Phi) is 3.07. The maximum Gasteiger partial charge on any atom is 0.298 e. The molecule has 18 heavy (non-hydrogen) atoms. The fourth-order valence-corrected chi connectivity index (χ4v) is 1.96. The maximum absolute atomic E-state index is 14.5. The van der Waals surface area contributed by atoms with Crippen LogP contribution in [0.1, 0.15) is 22.3 Å². The molecule has 0 saturated carbocycles. The van der Waals surface area contributed by atoms with E-state index in [2.05, 4.69) is 0 Å². The van der Waals surface area contributed by atoms with Gasteiger partial charge in [-0.15, -0.1) is 0 Å². The molecule has 0 aromatic heterocycles. The number of nitrogen functional groups attached to an aromatic ring is 1. The van der Waals surface area contributed by atoms with Gasteiger partial charge < -0.3 is 5.73 Å². The first-order valence-electron chi connectivity index (χ1n) is 5.73. The van der Waals surface area contributed by atoms with Crippen molar-refractivity contribution in [2.24, 2.45) is 0 Å². The summed E-state index contributed by atoms with van der Waals surface area (Å²) in [6, 6.07) is 10.9. The third-order valence-electron chi connectivity index (χ3n) is 2.98. The zero-order valence-electron chi connectivity index (χ0n) is 10.4. The molecule has 2 aromatic rings. The highest BCUT2D eigenvalue weighted by molar-refractivity contribution is 5.47. The van der Waals surface area contributed by atoms with Crippen LogP contribution >= 0.6 is 0 Å². The number of rotatable bonds is 2. The van der Waals surface area contributed by atoms with Crippen molar-refractivity contribution in [3.8, 4) is 0 Å². The van der Waals surface area contributed by atoms with Gasteiger partial charge in [0.1, 0.15) is 0 Å². The van der Waals surface area contributed by atoms with Crippen LogP contribution in [0.15, 0.2) is 42.5 Å². The van der Waals surface area contributed by atoms with Crippen LogP contribution in [0.2, 0.25) is 0 Å². The van der Waals surface area contributed by atoms with Gasteiger partial charge in [0.05, 0.1) is 0 Å². The largest absolute Gasteiger partial charge is 0.399 e. The number of nitrogens with two attached hydrogens (primary N) is 1. The Labute approximate surface area is 105 Å². The lowest BCUT2D eigenvalue weighted by molar-refractivity contribution is 0.0421. The molecule has 0 radical (unpaired) electrons. The molecule has 1 nitrogen and oxygen atoms in total. The molecular formula is C15H15F2N. The molecule has 2 aromatic carbocycles. The van der Waals surface area contributed by atoms with E-state index >= 15 is 0 Å². The van der Waals surface area contributed by atoms with Crippen molar-refractivity contribution in [3.63, 3.8) is 0 Å². The Morgan fingerprint density at radius 1 is 1.00 bits per heavy atom. The van der Waals surface area contributed by atoms with Crippen molar-refractivity contribution in [2.45, 2.75) is 19.8 Å². The minimum atomic E-state index is -3.02. The summed E-state index contributed by atoms with van der Waals surface area (Å²) < 4.78 is 28.9. The molecule has 0 fully saturated rings. The van der Waals surface area contributed by atoms with Gasteiger partial charge in [0.2, 0.25) is 0 Å². The Bertz CT molecular complexity index is 576. The number of hydrogen-bond acceptors (Lipinski definition) is 1. The maximum atomic E-state index is 14.5. The molecular weight excluding hydrogens is 232 g/mol. The molecule has 0 spiro atoms. The predicted molar refractivity (Wildman–Crippen MR) is 69.8 cm³/mol. The SMILES string of the molecule is Cc1ccc(C)c(C(F)(F)c2cccc(N)c2)c1. The van der Waals surface area contributed by atoms with E-state index in [0.717, 1.165) is 5.56 Å². The van der Waals surface area contributed by atoms with Gasteiger partial charge in [-0.25, -0.2) is 0 Å². The van der Waals surface area contributed by atoms with Crippen LogP contribution in [0, 0.1) is 13.8 Å². The lowest BCUT2D eigenvalue weighted by Crippen LogP contribution is -2.17. The van der Waals surface area contributed by atoms with Gasteiger partial charge in [0.15, 0.2) is 0 Å². The van der Waals surface area contributed by atoms with Crippen molar-refractivity contribution < 1.29 is 8.78 Å². The Morgan fingerprint density at radius 3 is 2.39 bits per heavy atom. The van der Waals surface area contributed by atoms with Crippen molar-refractivity contribution in [2.75, 3.05) is 5.73 Å². The van der Waals surface area contributed by atoms with Gasteiger partial charge in [-0.3, -0.25) is 0 Å². The third kappa shape index (κ3) is 2.21. The summed E-state index contributed by atoms with van der Waals surface area (Å²) in [5.74, 6) is -3.02. The zero-order valence-corrected chi connectivity index (χ0v) is 10.4. The van der Waals surface area contributed by atoms with Crippen LogP contribution in [-0.2, 0) is 5.92 Å². The normalized spacial score (nSPS) is 11.6. The molecule has 0 unspecified atom stereocenters. The molecule has 0 aliphatic heterocycles. The van der Waals surface area contributed by atoms with Gasteiger partial charge >= 0.3 is 0 Å². The standard InChI is InChI=1S/C15H15F2N/c1-10-6-7-11(2)14(8-10)15(16,17)12-4-3-5-13(18)9-12/h3-9H,18H2,1-2H3. The monoisotopic (exact) mass is 247 g/mol. The number of hydrogen-bond donors (Lipinski definition) is 1. The number of alkyl halides is 2. The molecule has 94 valence electrons. The third-order valence-corrected chi connectivity index (χ3v) is 2.98. The van der Waals surface area contributed by atoms with Crippen LogP contribution in [0.5, 0.6) is 0 Å². The quantitative estimate of drug-likeness (QED) is 0.797. The molecule has 0 atom stereocenters. The topological polar surface area (TPSA) is 26.0 Å². The summed E-state index contributed by atoms with van der Waals surface area (Å²) in [6.45, 7) is 3.49. The Hall–Kier alpha value is -1.90. The summed E-state index contributed by atoms with van der Waals surface area (Å²) in [7, 11) is 0. The second-order valence-electron chi connectivity index (χ2n) is 4.52. The van der Waals surface area contributed by atoms with Gasteiger partial charge in [0, 0.05) is 16.8 Å². The summed E-state index contributed by atoms with van der Waals surface area (Å²) in [4.78, 5) is 0. The van der Waals surface area contributed by atoms with E-state index < -0.39 is 5.92 Å². The van der Waals surface area contributed by atoms with E-state index in [1.165, 1.54) is 18.2 Å². The first-order valence-corrected chi connectivity index (χ1v) is 5.73. The fourth-order valence-electron chi connectivity index (χ4n) is 1.96. The minimum absolute atomic E-state index is 0.0353. The zero-order chi connectivity index (χ0) is 13.3. The first kappa shape index (κ1) is 12.6. The molecule has 0 aliphatic carbocycles. The molecule has 0 saturated heterocycles. The summed E-state index contributed by atoms with van der Waals surface area (Å²) in [6.07, 6.45) is 0. The molecule has 0 amide bonds. The van der Waals surface area contributed by atoms with Crippen molar-refractivity contribution in [3.05, 3.63) is 64.7 Å². The average molecular weight is 247 g/mol. The lowest BCUT2D eigenvalue weighted by Gasteiger charge is -2.20. The smallest absolute Gasteiger partial charge is 0.298 e. The molecule has 2 N–H and O–H groups in total. The molecule has 3 heteroatoms. The Balaban J connectivity index is 2.57. The van der Waals surface area contributed by atoms with Crippen LogP contribution in [-0.4, -0.2) is 0 Å². The van der Waals surface area contributed by atoms with Crippen LogP contribution in [0.3, 0.4) is 0 Å². The number of aryl methyl sites for hydroxylation is 2. The van der Waals surface area contributed by atoms with E-state index in [1.54, 1.807) is 32.0 Å². The van der Waals surface area contributed by atoms with E-state index in [9.17, 15) is 8.78 Å². The second-order valence-corrected chi connectivity index (χ2v) is 4.52. The van der Waals surface area contributed by atoms with Crippen molar-refractivity contribution in [1.82, 2.24) is 0 Å². The Morgan fingerprint density at radius 2 is 1.72 bits per heavy atom. The molecule has 0 heterocycles.